The number of rotatable bonds is 3. The summed E-state index contributed by atoms with van der Waals surface area (Å²) in [6.45, 7) is 6.57. The highest BCUT2D eigenvalue weighted by Crippen LogP contribution is 2.24. The van der Waals surface area contributed by atoms with Gasteiger partial charge in [0.1, 0.15) is 6.04 Å². The molecule has 4 nitrogen and oxygen atoms in total. The fraction of sp³-hybridized carbons (Fsp3) is 0.467. The lowest BCUT2D eigenvalue weighted by atomic mass is 9.97. The lowest BCUT2D eigenvalue weighted by Crippen LogP contribution is -2.28. The van der Waals surface area contributed by atoms with Gasteiger partial charge in [-0.3, -0.25) is 9.69 Å². The van der Waals surface area contributed by atoms with E-state index < -0.39 is 17.4 Å². The normalized spacial score (nSPS) is 21.8. The van der Waals surface area contributed by atoms with Crippen LogP contribution in [0.3, 0.4) is 0 Å². The maximum atomic E-state index is 11.8. The monoisotopic (exact) mass is 261 g/mol. The van der Waals surface area contributed by atoms with Crippen LogP contribution in [0.5, 0.6) is 0 Å². The topological polar surface area (TPSA) is 46.4 Å². The van der Waals surface area contributed by atoms with Crippen LogP contribution in [-0.4, -0.2) is 29.4 Å². The van der Waals surface area contributed by atoms with Gasteiger partial charge in [0.25, 0.3) is 0 Å². The van der Waals surface area contributed by atoms with Crippen LogP contribution in [0.4, 0.5) is 0 Å². The van der Waals surface area contributed by atoms with Crippen LogP contribution in [0.1, 0.15) is 26.3 Å². The number of hydrogen-bond acceptors (Lipinski definition) is 4. The first-order valence-corrected chi connectivity index (χ1v) is 6.42. The standard InChI is InChI=1S/C15H19NO3/c1-15(2,3)14(18)19-13(17)12-10-16(12)9-11-7-5-4-6-8-11/h4-8,12H,9-10H2,1-3H3. The fourth-order valence-corrected chi connectivity index (χ4v) is 1.70. The van der Waals surface area contributed by atoms with Crippen LogP contribution < -0.4 is 0 Å². The summed E-state index contributed by atoms with van der Waals surface area (Å²) in [5.74, 6) is -0.903. The first-order chi connectivity index (χ1) is 8.88. The Kier molecular flexibility index (Phi) is 3.71. The molecular weight excluding hydrogens is 242 g/mol. The van der Waals surface area contributed by atoms with Crippen LogP contribution in [0, 0.1) is 5.41 Å². The number of carbonyl (C=O) groups is 2. The minimum atomic E-state index is -0.644. The van der Waals surface area contributed by atoms with Crippen LogP contribution in [-0.2, 0) is 20.9 Å². The van der Waals surface area contributed by atoms with Gasteiger partial charge in [-0.2, -0.15) is 0 Å². The Balaban J connectivity index is 1.83. The van der Waals surface area contributed by atoms with Crippen molar-refractivity contribution >= 4 is 11.9 Å². The van der Waals surface area contributed by atoms with E-state index in [9.17, 15) is 9.59 Å². The molecule has 0 bridgehead atoms. The number of ether oxygens (including phenoxy) is 1. The predicted molar refractivity (Wildman–Crippen MR) is 71.2 cm³/mol. The summed E-state index contributed by atoms with van der Waals surface area (Å²) in [4.78, 5) is 25.4. The second kappa shape index (κ2) is 5.13. The number of nitrogens with zero attached hydrogens (tertiary/aromatic N) is 1. The zero-order chi connectivity index (χ0) is 14.0. The highest BCUT2D eigenvalue weighted by atomic mass is 16.6. The molecule has 1 fully saturated rings. The first kappa shape index (κ1) is 13.7. The van der Waals surface area contributed by atoms with Crippen LogP contribution in [0.15, 0.2) is 30.3 Å². The Bertz CT molecular complexity index is 476. The molecule has 4 heteroatoms. The number of benzene rings is 1. The molecule has 1 heterocycles. The van der Waals surface area contributed by atoms with Gasteiger partial charge in [0.05, 0.1) is 5.41 Å². The molecular formula is C15H19NO3. The van der Waals surface area contributed by atoms with E-state index in [0.717, 1.165) is 5.56 Å². The molecule has 1 aromatic carbocycles. The van der Waals surface area contributed by atoms with Gasteiger partial charge >= 0.3 is 11.9 Å². The molecule has 1 aromatic rings. The van der Waals surface area contributed by atoms with Gasteiger partial charge in [0.2, 0.25) is 0 Å². The van der Waals surface area contributed by atoms with Crippen molar-refractivity contribution < 1.29 is 14.3 Å². The maximum absolute atomic E-state index is 11.8. The molecule has 0 aromatic heterocycles. The molecule has 0 amide bonds. The summed E-state index contributed by atoms with van der Waals surface area (Å²) in [7, 11) is 0. The smallest absolute Gasteiger partial charge is 0.332 e. The number of hydrogen-bond donors (Lipinski definition) is 0. The molecule has 0 saturated carbocycles. The average molecular weight is 261 g/mol. The molecule has 1 saturated heterocycles. The van der Waals surface area contributed by atoms with Gasteiger partial charge in [0, 0.05) is 13.1 Å². The van der Waals surface area contributed by atoms with E-state index in [2.05, 4.69) is 0 Å². The molecule has 0 N–H and O–H groups in total. The summed E-state index contributed by atoms with van der Waals surface area (Å²) < 4.78 is 4.89. The maximum Gasteiger partial charge on any atom is 0.332 e. The molecule has 2 atom stereocenters. The molecule has 1 aliphatic rings. The molecule has 2 rings (SSSR count). The fourth-order valence-electron chi connectivity index (χ4n) is 1.70. The predicted octanol–water partition coefficient (Wildman–Crippen LogP) is 1.99. The summed E-state index contributed by atoms with van der Waals surface area (Å²) in [5.41, 5.74) is 0.509. The van der Waals surface area contributed by atoms with Crippen molar-refractivity contribution in [1.29, 1.82) is 0 Å². The molecule has 2 unspecified atom stereocenters. The highest BCUT2D eigenvalue weighted by Gasteiger charge is 2.43. The largest absolute Gasteiger partial charge is 0.392 e. The molecule has 19 heavy (non-hydrogen) atoms. The number of esters is 2. The lowest BCUT2D eigenvalue weighted by molar-refractivity contribution is -0.165. The second-order valence-corrected chi connectivity index (χ2v) is 5.89. The van der Waals surface area contributed by atoms with Gasteiger partial charge in [-0.05, 0) is 26.3 Å². The molecule has 0 aliphatic carbocycles. The third kappa shape index (κ3) is 3.64. The Morgan fingerprint density at radius 2 is 1.89 bits per heavy atom. The minimum Gasteiger partial charge on any atom is -0.392 e. The van der Waals surface area contributed by atoms with Gasteiger partial charge in [0.15, 0.2) is 0 Å². The molecule has 102 valence electrons. The molecule has 1 aliphatic heterocycles. The van der Waals surface area contributed by atoms with Crippen molar-refractivity contribution in [2.75, 3.05) is 6.54 Å². The minimum absolute atomic E-state index is 0.272. The van der Waals surface area contributed by atoms with Crippen LogP contribution >= 0.6 is 0 Å². The quantitative estimate of drug-likeness (QED) is 0.474. The summed E-state index contributed by atoms with van der Waals surface area (Å²) in [6.07, 6.45) is 0. The molecule has 0 radical (unpaired) electrons. The van der Waals surface area contributed by atoms with Crippen molar-refractivity contribution in [3.63, 3.8) is 0 Å². The van der Waals surface area contributed by atoms with E-state index in [1.54, 1.807) is 20.8 Å². The SMILES string of the molecule is CC(C)(C)C(=O)OC(=O)C1CN1Cc1ccccc1. The zero-order valence-electron chi connectivity index (χ0n) is 11.6. The van der Waals surface area contributed by atoms with Crippen LogP contribution in [0.2, 0.25) is 0 Å². The Morgan fingerprint density at radius 1 is 1.26 bits per heavy atom. The highest BCUT2D eigenvalue weighted by molar-refractivity contribution is 5.92. The van der Waals surface area contributed by atoms with E-state index in [1.165, 1.54) is 0 Å². The van der Waals surface area contributed by atoms with E-state index in [4.69, 9.17) is 4.74 Å². The van der Waals surface area contributed by atoms with E-state index in [1.807, 2.05) is 35.2 Å². The van der Waals surface area contributed by atoms with E-state index in [0.29, 0.717) is 13.1 Å². The van der Waals surface area contributed by atoms with Crippen LogP contribution in [0.25, 0.3) is 0 Å². The lowest BCUT2D eigenvalue weighted by Gasteiger charge is -2.15. The van der Waals surface area contributed by atoms with Crippen molar-refractivity contribution in [2.24, 2.45) is 5.41 Å². The summed E-state index contributed by atoms with van der Waals surface area (Å²) in [5, 5.41) is 0. The zero-order valence-corrected chi connectivity index (χ0v) is 11.6. The van der Waals surface area contributed by atoms with Gasteiger partial charge in [-0.25, -0.2) is 4.79 Å². The Labute approximate surface area is 113 Å². The number of carbonyl (C=O) groups excluding carboxylic acids is 2. The third-order valence-electron chi connectivity index (χ3n) is 3.02. The van der Waals surface area contributed by atoms with Gasteiger partial charge in [-0.1, -0.05) is 30.3 Å². The summed E-state index contributed by atoms with van der Waals surface area (Å²) in [6, 6.07) is 9.65. The summed E-state index contributed by atoms with van der Waals surface area (Å²) >= 11 is 0. The third-order valence-corrected chi connectivity index (χ3v) is 3.02. The van der Waals surface area contributed by atoms with Gasteiger partial charge in [-0.15, -0.1) is 0 Å². The van der Waals surface area contributed by atoms with E-state index >= 15 is 0 Å². The van der Waals surface area contributed by atoms with E-state index in [-0.39, 0.29) is 6.04 Å². The van der Waals surface area contributed by atoms with Crippen molar-refractivity contribution in [1.82, 2.24) is 4.90 Å². The van der Waals surface area contributed by atoms with Crippen molar-refractivity contribution in [3.8, 4) is 0 Å². The molecule has 0 spiro atoms. The van der Waals surface area contributed by atoms with Gasteiger partial charge < -0.3 is 4.74 Å². The Hall–Kier alpha value is -1.68. The first-order valence-electron chi connectivity index (χ1n) is 6.42. The average Bonchev–Trinajstić information content (AvgIpc) is 3.08. The Morgan fingerprint density at radius 3 is 2.47 bits per heavy atom. The van der Waals surface area contributed by atoms with Crippen molar-refractivity contribution in [3.05, 3.63) is 35.9 Å². The second-order valence-electron chi connectivity index (χ2n) is 5.89. The van der Waals surface area contributed by atoms with Crippen molar-refractivity contribution in [2.45, 2.75) is 33.4 Å².